The minimum Gasteiger partial charge on any atom is -0.371 e. The molecule has 1 aromatic rings. The zero-order valence-electron chi connectivity index (χ0n) is 10.7. The molecule has 0 bridgehead atoms. The topological polar surface area (TPSA) is 23.6 Å². The van der Waals surface area contributed by atoms with Gasteiger partial charge in [0.25, 0.3) is 5.91 Å². The molecule has 2 saturated heterocycles. The number of nitrogens with zero attached hydrogens (tertiary/aromatic N) is 2. The first-order valence-electron chi connectivity index (χ1n) is 6.90. The Kier molecular flexibility index (Phi) is 3.22. The van der Waals surface area contributed by atoms with Crippen LogP contribution in [-0.4, -0.2) is 37.0 Å². The van der Waals surface area contributed by atoms with Gasteiger partial charge >= 0.3 is 0 Å². The predicted octanol–water partition coefficient (Wildman–Crippen LogP) is 2.32. The van der Waals surface area contributed by atoms with Gasteiger partial charge in [-0.05, 0) is 37.8 Å². The quantitative estimate of drug-likeness (QED) is 0.796. The van der Waals surface area contributed by atoms with E-state index in [-0.39, 0.29) is 5.91 Å². The minimum absolute atomic E-state index is 0.182. The molecule has 2 heterocycles. The van der Waals surface area contributed by atoms with E-state index in [1.54, 1.807) is 0 Å². The monoisotopic (exact) mass is 243 g/mol. The maximum Gasteiger partial charge on any atom is 0.253 e. The Morgan fingerprint density at radius 3 is 2.44 bits per heavy atom. The second-order valence-corrected chi connectivity index (χ2v) is 5.16. The molecular weight excluding hydrogens is 224 g/mol. The molecule has 0 aromatic heterocycles. The molecule has 0 atom stereocenters. The molecule has 18 heavy (non-hydrogen) atoms. The van der Waals surface area contributed by atoms with Gasteiger partial charge in [-0.2, -0.15) is 0 Å². The van der Waals surface area contributed by atoms with Crippen LogP contribution in [0.4, 0.5) is 5.69 Å². The van der Waals surface area contributed by atoms with Crippen molar-refractivity contribution in [2.45, 2.75) is 25.7 Å². The number of hydrogen-bond donors (Lipinski definition) is 0. The van der Waals surface area contributed by atoms with Crippen molar-refractivity contribution in [3.8, 4) is 0 Å². The van der Waals surface area contributed by atoms with Gasteiger partial charge in [-0.15, -0.1) is 0 Å². The number of rotatable bonds is 2. The number of benzene rings is 1. The van der Waals surface area contributed by atoms with Gasteiger partial charge in [0.15, 0.2) is 0 Å². The smallest absolute Gasteiger partial charge is 0.253 e. The van der Waals surface area contributed by atoms with Crippen molar-refractivity contribution in [2.24, 2.45) is 0 Å². The molecule has 2 aliphatic heterocycles. The van der Waals surface area contributed by atoms with Crippen molar-refractivity contribution in [1.29, 1.82) is 0 Å². The summed E-state index contributed by atoms with van der Waals surface area (Å²) in [5, 5.41) is 0. The van der Waals surface area contributed by atoms with E-state index in [1.807, 2.05) is 23.1 Å². The van der Waals surface area contributed by atoms with Gasteiger partial charge in [-0.25, -0.2) is 0 Å². The lowest BCUT2D eigenvalue weighted by atomic mass is 10.1. The lowest BCUT2D eigenvalue weighted by Gasteiger charge is -2.19. The minimum atomic E-state index is 0.182. The first kappa shape index (κ1) is 11.6. The molecule has 1 amide bonds. The predicted molar refractivity (Wildman–Crippen MR) is 71.9 cm³/mol. The van der Waals surface area contributed by atoms with Crippen LogP contribution in [0, 0.1) is 6.07 Å². The summed E-state index contributed by atoms with van der Waals surface area (Å²) >= 11 is 0. The van der Waals surface area contributed by atoms with E-state index in [4.69, 9.17) is 0 Å². The van der Waals surface area contributed by atoms with Crippen LogP contribution in [0.25, 0.3) is 0 Å². The third-order valence-corrected chi connectivity index (χ3v) is 3.87. The Hall–Kier alpha value is -1.51. The molecule has 3 nitrogen and oxygen atoms in total. The molecule has 0 N–H and O–H groups in total. The van der Waals surface area contributed by atoms with E-state index < -0.39 is 0 Å². The van der Waals surface area contributed by atoms with Gasteiger partial charge < -0.3 is 9.80 Å². The summed E-state index contributed by atoms with van der Waals surface area (Å²) in [4.78, 5) is 16.6. The Balaban J connectivity index is 1.79. The Morgan fingerprint density at radius 2 is 1.72 bits per heavy atom. The fraction of sp³-hybridized carbons (Fsp3) is 0.533. The van der Waals surface area contributed by atoms with Crippen LogP contribution in [0.3, 0.4) is 0 Å². The second-order valence-electron chi connectivity index (χ2n) is 5.16. The number of hydrogen-bond acceptors (Lipinski definition) is 2. The third kappa shape index (κ3) is 2.22. The highest BCUT2D eigenvalue weighted by molar-refractivity contribution is 5.95. The summed E-state index contributed by atoms with van der Waals surface area (Å²) in [6, 6.07) is 9.03. The van der Waals surface area contributed by atoms with Crippen molar-refractivity contribution in [3.05, 3.63) is 29.8 Å². The maximum absolute atomic E-state index is 12.3. The molecule has 0 spiro atoms. The van der Waals surface area contributed by atoms with Gasteiger partial charge in [0.05, 0.1) is 0 Å². The van der Waals surface area contributed by atoms with Gasteiger partial charge in [-0.1, -0.05) is 6.07 Å². The number of anilines is 1. The van der Waals surface area contributed by atoms with E-state index in [1.165, 1.54) is 12.8 Å². The van der Waals surface area contributed by atoms with Crippen LogP contribution >= 0.6 is 0 Å². The SMILES string of the molecule is O=C(c1cc[c]c(N2CCCC2)c1)N1CCCC1. The summed E-state index contributed by atoms with van der Waals surface area (Å²) in [6.45, 7) is 4.02. The molecule has 0 unspecified atom stereocenters. The van der Waals surface area contributed by atoms with Gasteiger partial charge in [-0.3, -0.25) is 4.79 Å². The van der Waals surface area contributed by atoms with E-state index in [0.29, 0.717) is 0 Å². The second kappa shape index (κ2) is 5.01. The fourth-order valence-corrected chi connectivity index (χ4v) is 2.83. The van der Waals surface area contributed by atoms with E-state index in [0.717, 1.165) is 50.3 Å². The van der Waals surface area contributed by atoms with Crippen LogP contribution in [0.1, 0.15) is 36.0 Å². The van der Waals surface area contributed by atoms with E-state index in [2.05, 4.69) is 11.0 Å². The molecule has 0 saturated carbocycles. The highest BCUT2D eigenvalue weighted by atomic mass is 16.2. The van der Waals surface area contributed by atoms with Crippen LogP contribution in [-0.2, 0) is 0 Å². The number of likely N-dealkylation sites (tertiary alicyclic amines) is 1. The van der Waals surface area contributed by atoms with Crippen molar-refractivity contribution in [1.82, 2.24) is 4.90 Å². The number of carbonyl (C=O) groups is 1. The number of amides is 1. The van der Waals surface area contributed by atoms with Crippen molar-refractivity contribution < 1.29 is 4.79 Å². The standard InChI is InChI=1S/C15H19N2O/c18-15(17-10-3-4-11-17)13-6-5-7-14(12-13)16-8-1-2-9-16/h5-6,12H,1-4,8-11H2. The fourth-order valence-electron chi connectivity index (χ4n) is 2.83. The van der Waals surface area contributed by atoms with Gasteiger partial charge in [0.2, 0.25) is 0 Å². The van der Waals surface area contributed by atoms with Gasteiger partial charge in [0.1, 0.15) is 0 Å². The molecule has 2 fully saturated rings. The first-order chi connectivity index (χ1) is 8.84. The maximum atomic E-state index is 12.3. The van der Waals surface area contributed by atoms with E-state index in [9.17, 15) is 4.79 Å². The number of carbonyl (C=O) groups excluding carboxylic acids is 1. The summed E-state index contributed by atoms with van der Waals surface area (Å²) in [7, 11) is 0. The molecule has 1 radical (unpaired) electrons. The molecule has 3 heteroatoms. The first-order valence-corrected chi connectivity index (χ1v) is 6.90. The molecule has 2 aliphatic rings. The van der Waals surface area contributed by atoms with Crippen LogP contribution < -0.4 is 4.90 Å². The van der Waals surface area contributed by atoms with E-state index >= 15 is 0 Å². The Bertz CT molecular complexity index is 432. The lowest BCUT2D eigenvalue weighted by Crippen LogP contribution is -2.28. The average Bonchev–Trinajstić information content (AvgIpc) is 3.11. The molecule has 0 aliphatic carbocycles. The lowest BCUT2D eigenvalue weighted by molar-refractivity contribution is 0.0793. The molecule has 95 valence electrons. The molecule has 3 rings (SSSR count). The van der Waals surface area contributed by atoms with Crippen LogP contribution in [0.15, 0.2) is 18.2 Å². The van der Waals surface area contributed by atoms with Gasteiger partial charge in [0, 0.05) is 43.5 Å². The summed E-state index contributed by atoms with van der Waals surface area (Å²) in [5.74, 6) is 0.182. The summed E-state index contributed by atoms with van der Waals surface area (Å²) in [5.41, 5.74) is 1.90. The summed E-state index contributed by atoms with van der Waals surface area (Å²) < 4.78 is 0. The summed E-state index contributed by atoms with van der Waals surface area (Å²) in [6.07, 6.45) is 4.78. The highest BCUT2D eigenvalue weighted by Gasteiger charge is 2.20. The average molecular weight is 243 g/mol. The Morgan fingerprint density at radius 1 is 1.06 bits per heavy atom. The van der Waals surface area contributed by atoms with Crippen LogP contribution in [0.2, 0.25) is 0 Å². The van der Waals surface area contributed by atoms with Crippen molar-refractivity contribution in [2.75, 3.05) is 31.1 Å². The Labute approximate surface area is 108 Å². The zero-order chi connectivity index (χ0) is 12.4. The van der Waals surface area contributed by atoms with Crippen molar-refractivity contribution in [3.63, 3.8) is 0 Å². The molecule has 1 aromatic carbocycles. The van der Waals surface area contributed by atoms with Crippen LogP contribution in [0.5, 0.6) is 0 Å². The molecular formula is C15H19N2O. The largest absolute Gasteiger partial charge is 0.371 e. The third-order valence-electron chi connectivity index (χ3n) is 3.87. The highest BCUT2D eigenvalue weighted by Crippen LogP contribution is 2.22. The van der Waals surface area contributed by atoms with Crippen molar-refractivity contribution >= 4 is 11.6 Å². The zero-order valence-corrected chi connectivity index (χ0v) is 10.7. The normalized spacial score (nSPS) is 19.6.